The zero-order valence-electron chi connectivity index (χ0n) is 10.2. The molecule has 3 rings (SSSR count). The smallest absolute Gasteiger partial charge is 0.227 e. The Labute approximate surface area is 110 Å². The van der Waals surface area contributed by atoms with Crippen molar-refractivity contribution in [2.24, 2.45) is 0 Å². The summed E-state index contributed by atoms with van der Waals surface area (Å²) in [7, 11) is 0. The van der Waals surface area contributed by atoms with E-state index in [-0.39, 0.29) is 17.7 Å². The van der Waals surface area contributed by atoms with Crippen LogP contribution in [0.25, 0.3) is 5.69 Å². The maximum Gasteiger partial charge on any atom is 0.227 e. The van der Waals surface area contributed by atoms with Crippen molar-refractivity contribution >= 4 is 11.8 Å². The molecule has 1 fully saturated rings. The molecule has 1 aliphatic heterocycles. The van der Waals surface area contributed by atoms with Crippen molar-refractivity contribution in [2.75, 3.05) is 0 Å². The Morgan fingerprint density at radius 1 is 1.11 bits per heavy atom. The fraction of sp³-hybridized carbons (Fsp3) is 0.214. The highest BCUT2D eigenvalue weighted by molar-refractivity contribution is 5.98. The third kappa shape index (κ3) is 2.40. The molecule has 19 heavy (non-hydrogen) atoms. The van der Waals surface area contributed by atoms with Crippen molar-refractivity contribution in [3.8, 4) is 5.69 Å². The van der Waals surface area contributed by atoms with E-state index in [2.05, 4.69) is 10.4 Å². The molecule has 1 N–H and O–H groups in total. The van der Waals surface area contributed by atoms with E-state index in [0.717, 1.165) is 11.3 Å². The largest absolute Gasteiger partial charge is 0.296 e. The highest BCUT2D eigenvalue weighted by Gasteiger charge is 2.27. The van der Waals surface area contributed by atoms with Crippen LogP contribution in [-0.2, 0) is 9.59 Å². The minimum absolute atomic E-state index is 0.0706. The minimum atomic E-state index is -0.214. The van der Waals surface area contributed by atoms with Gasteiger partial charge in [0.15, 0.2) is 0 Å². The lowest BCUT2D eigenvalue weighted by Gasteiger charge is -2.19. The third-order valence-corrected chi connectivity index (χ3v) is 3.24. The van der Waals surface area contributed by atoms with Crippen LogP contribution in [0.3, 0.4) is 0 Å². The fourth-order valence-corrected chi connectivity index (χ4v) is 2.28. The van der Waals surface area contributed by atoms with Crippen molar-refractivity contribution in [1.82, 2.24) is 15.1 Å². The summed E-state index contributed by atoms with van der Waals surface area (Å²) < 4.78 is 1.76. The van der Waals surface area contributed by atoms with Crippen LogP contribution in [0.2, 0.25) is 0 Å². The average molecular weight is 255 g/mol. The van der Waals surface area contributed by atoms with Crippen molar-refractivity contribution < 1.29 is 9.59 Å². The Morgan fingerprint density at radius 2 is 1.79 bits per heavy atom. The fourth-order valence-electron chi connectivity index (χ4n) is 2.28. The van der Waals surface area contributed by atoms with E-state index >= 15 is 0 Å². The summed E-state index contributed by atoms with van der Waals surface area (Å²) >= 11 is 0. The molecule has 0 saturated carbocycles. The average Bonchev–Trinajstić information content (AvgIpc) is 2.88. The van der Waals surface area contributed by atoms with Gasteiger partial charge in [0.1, 0.15) is 0 Å². The number of piperidine rings is 1. The van der Waals surface area contributed by atoms with Gasteiger partial charge in [-0.1, -0.05) is 18.2 Å². The van der Waals surface area contributed by atoms with Gasteiger partial charge in [-0.25, -0.2) is 4.68 Å². The van der Waals surface area contributed by atoms with E-state index in [0.29, 0.717) is 12.8 Å². The van der Waals surface area contributed by atoms with Crippen LogP contribution in [0, 0.1) is 0 Å². The van der Waals surface area contributed by atoms with Crippen LogP contribution in [-0.4, -0.2) is 21.6 Å². The van der Waals surface area contributed by atoms with Crippen LogP contribution in [0.4, 0.5) is 0 Å². The predicted octanol–water partition coefficient (Wildman–Crippen LogP) is 1.39. The molecule has 0 bridgehead atoms. The van der Waals surface area contributed by atoms with E-state index in [1.54, 1.807) is 10.9 Å². The van der Waals surface area contributed by atoms with Crippen LogP contribution in [0.1, 0.15) is 24.3 Å². The topological polar surface area (TPSA) is 64.0 Å². The molecule has 1 aromatic carbocycles. The molecule has 2 aromatic rings. The van der Waals surface area contributed by atoms with E-state index in [1.165, 1.54) is 0 Å². The number of aromatic nitrogens is 2. The number of hydrogen-bond donors (Lipinski definition) is 1. The van der Waals surface area contributed by atoms with E-state index in [1.807, 2.05) is 36.5 Å². The molecule has 0 radical (unpaired) electrons. The van der Waals surface area contributed by atoms with E-state index < -0.39 is 0 Å². The monoisotopic (exact) mass is 255 g/mol. The first-order valence-electron chi connectivity index (χ1n) is 6.15. The number of nitrogens with one attached hydrogen (secondary N) is 1. The van der Waals surface area contributed by atoms with Gasteiger partial charge >= 0.3 is 0 Å². The number of benzene rings is 1. The summed E-state index contributed by atoms with van der Waals surface area (Å²) in [6, 6.07) is 9.73. The molecule has 1 aliphatic rings. The molecule has 0 spiro atoms. The summed E-state index contributed by atoms with van der Waals surface area (Å²) in [5.74, 6) is -0.499. The van der Waals surface area contributed by atoms with Crippen molar-refractivity contribution in [3.05, 3.63) is 48.3 Å². The first-order valence-corrected chi connectivity index (χ1v) is 6.15. The van der Waals surface area contributed by atoms with Crippen molar-refractivity contribution in [1.29, 1.82) is 0 Å². The molecule has 1 aromatic heterocycles. The number of nitrogens with zero attached hydrogens (tertiary/aromatic N) is 2. The highest BCUT2D eigenvalue weighted by Crippen LogP contribution is 2.26. The number of rotatable bonds is 2. The van der Waals surface area contributed by atoms with Crippen molar-refractivity contribution in [3.63, 3.8) is 0 Å². The normalized spacial score (nSPS) is 16.4. The lowest BCUT2D eigenvalue weighted by molar-refractivity contribution is -0.133. The second-order valence-corrected chi connectivity index (χ2v) is 4.63. The van der Waals surface area contributed by atoms with Crippen LogP contribution in [0.5, 0.6) is 0 Å². The van der Waals surface area contributed by atoms with Gasteiger partial charge in [0.05, 0.1) is 11.9 Å². The Hall–Kier alpha value is -2.43. The molecule has 0 aliphatic carbocycles. The molecule has 5 heteroatoms. The maximum atomic E-state index is 11.4. The zero-order valence-corrected chi connectivity index (χ0v) is 10.2. The molecule has 0 atom stereocenters. The summed E-state index contributed by atoms with van der Waals surface area (Å²) in [6.07, 6.45) is 4.29. The Morgan fingerprint density at radius 3 is 2.47 bits per heavy atom. The molecule has 5 nitrogen and oxygen atoms in total. The summed E-state index contributed by atoms with van der Waals surface area (Å²) in [5.41, 5.74) is 1.88. The van der Waals surface area contributed by atoms with Crippen LogP contribution >= 0.6 is 0 Å². The Balaban J connectivity index is 1.85. The van der Waals surface area contributed by atoms with Crippen LogP contribution < -0.4 is 5.32 Å². The predicted molar refractivity (Wildman–Crippen MR) is 68.7 cm³/mol. The number of imide groups is 1. The Kier molecular flexibility index (Phi) is 2.87. The van der Waals surface area contributed by atoms with Gasteiger partial charge in [-0.2, -0.15) is 5.10 Å². The molecular formula is C14H13N3O2. The summed E-state index contributed by atoms with van der Waals surface area (Å²) in [5, 5.41) is 6.60. The molecule has 2 heterocycles. The van der Waals surface area contributed by atoms with Gasteiger partial charge in [0.2, 0.25) is 11.8 Å². The SMILES string of the molecule is O=C1CC(c2cnn(-c3ccccc3)c2)CC(=O)N1. The van der Waals surface area contributed by atoms with Gasteiger partial charge in [0, 0.05) is 25.0 Å². The van der Waals surface area contributed by atoms with E-state index in [4.69, 9.17) is 0 Å². The molecule has 96 valence electrons. The van der Waals surface area contributed by atoms with Crippen molar-refractivity contribution in [2.45, 2.75) is 18.8 Å². The zero-order chi connectivity index (χ0) is 13.2. The first kappa shape index (κ1) is 11.6. The molecule has 2 amide bonds. The van der Waals surface area contributed by atoms with Gasteiger partial charge < -0.3 is 0 Å². The van der Waals surface area contributed by atoms with Gasteiger partial charge in [-0.15, -0.1) is 0 Å². The van der Waals surface area contributed by atoms with Gasteiger partial charge in [0.25, 0.3) is 0 Å². The molecular weight excluding hydrogens is 242 g/mol. The standard InChI is InChI=1S/C14H13N3O2/c18-13-6-10(7-14(19)16-13)11-8-15-17(9-11)12-4-2-1-3-5-12/h1-5,8-10H,6-7H2,(H,16,18,19). The quantitative estimate of drug-likeness (QED) is 0.825. The highest BCUT2D eigenvalue weighted by atomic mass is 16.2. The third-order valence-electron chi connectivity index (χ3n) is 3.24. The maximum absolute atomic E-state index is 11.4. The summed E-state index contributed by atoms with van der Waals surface area (Å²) in [4.78, 5) is 22.7. The number of carbonyl (C=O) groups is 2. The minimum Gasteiger partial charge on any atom is -0.296 e. The second kappa shape index (κ2) is 4.68. The van der Waals surface area contributed by atoms with Gasteiger partial charge in [-0.05, 0) is 17.7 Å². The molecule has 1 saturated heterocycles. The number of amides is 2. The lowest BCUT2D eigenvalue weighted by atomic mass is 9.92. The Bertz CT molecular complexity index is 603. The van der Waals surface area contributed by atoms with E-state index in [9.17, 15) is 9.59 Å². The van der Waals surface area contributed by atoms with Crippen LogP contribution in [0.15, 0.2) is 42.7 Å². The number of hydrogen-bond acceptors (Lipinski definition) is 3. The number of para-hydroxylation sites is 1. The first-order chi connectivity index (χ1) is 9.22. The lowest BCUT2D eigenvalue weighted by Crippen LogP contribution is -2.37. The summed E-state index contributed by atoms with van der Waals surface area (Å²) in [6.45, 7) is 0. The second-order valence-electron chi connectivity index (χ2n) is 4.63. The van der Waals surface area contributed by atoms with Gasteiger partial charge in [-0.3, -0.25) is 14.9 Å². The number of carbonyl (C=O) groups excluding carboxylic acids is 2. The molecule has 0 unspecified atom stereocenters.